The van der Waals surface area contributed by atoms with Crippen molar-refractivity contribution in [3.8, 4) is 11.5 Å². The van der Waals surface area contributed by atoms with E-state index in [0.717, 1.165) is 50.2 Å². The third-order valence-electron chi connectivity index (χ3n) is 4.41. The molecule has 1 saturated carbocycles. The van der Waals surface area contributed by atoms with Crippen LogP contribution >= 0.6 is 0 Å². The summed E-state index contributed by atoms with van der Waals surface area (Å²) >= 11 is 0. The molecule has 5 nitrogen and oxygen atoms in total. The van der Waals surface area contributed by atoms with Gasteiger partial charge in [0.05, 0.1) is 25.4 Å². The Kier molecular flexibility index (Phi) is 8.75. The summed E-state index contributed by atoms with van der Waals surface area (Å²) in [7, 11) is 0. The largest absolute Gasteiger partial charge is 0.494 e. The first-order valence-electron chi connectivity index (χ1n) is 9.89. The fraction of sp³-hybridized carbons (Fsp3) is 0.667. The Morgan fingerprint density at radius 2 is 1.81 bits per heavy atom. The predicted molar refractivity (Wildman–Crippen MR) is 103 cm³/mol. The van der Waals surface area contributed by atoms with Crippen LogP contribution in [0.15, 0.2) is 24.3 Å². The maximum Gasteiger partial charge on any atom is 0.222 e. The maximum absolute atomic E-state index is 12.2. The van der Waals surface area contributed by atoms with E-state index in [1.54, 1.807) is 0 Å². The Hall–Kier alpha value is -1.75. The minimum atomic E-state index is 0.0149. The summed E-state index contributed by atoms with van der Waals surface area (Å²) in [5.41, 5.74) is 0. The van der Waals surface area contributed by atoms with E-state index in [1.807, 2.05) is 38.1 Å². The first kappa shape index (κ1) is 20.6. The lowest BCUT2D eigenvalue weighted by molar-refractivity contribution is -0.124. The van der Waals surface area contributed by atoms with Gasteiger partial charge in [-0.3, -0.25) is 4.79 Å². The number of hydrogen-bond acceptors (Lipinski definition) is 4. The molecule has 1 N–H and O–H groups in total. The number of ether oxygens (including phenoxy) is 3. The Bertz CT molecular complexity index is 529. The van der Waals surface area contributed by atoms with Crippen LogP contribution in [-0.4, -0.2) is 37.4 Å². The molecule has 2 rings (SSSR count). The van der Waals surface area contributed by atoms with Gasteiger partial charge in [0.1, 0.15) is 17.6 Å². The zero-order valence-electron chi connectivity index (χ0n) is 16.3. The lowest BCUT2D eigenvalue weighted by atomic mass is 9.92. The zero-order valence-corrected chi connectivity index (χ0v) is 16.3. The SMILES string of the molecule is CCCOc1ccc(O[C@H]2CCCC[C@@H]2NC(=O)CCOC(C)C)cc1. The number of amides is 1. The van der Waals surface area contributed by atoms with Crippen molar-refractivity contribution in [2.75, 3.05) is 13.2 Å². The van der Waals surface area contributed by atoms with Crippen molar-refractivity contribution in [2.24, 2.45) is 0 Å². The van der Waals surface area contributed by atoms with Crippen molar-refractivity contribution in [2.45, 2.75) is 77.5 Å². The van der Waals surface area contributed by atoms with Crippen molar-refractivity contribution in [3.05, 3.63) is 24.3 Å². The van der Waals surface area contributed by atoms with Crippen molar-refractivity contribution in [3.63, 3.8) is 0 Å². The van der Waals surface area contributed by atoms with Crippen LogP contribution in [0.4, 0.5) is 0 Å². The minimum absolute atomic E-state index is 0.0149. The topological polar surface area (TPSA) is 56.8 Å². The highest BCUT2D eigenvalue weighted by molar-refractivity contribution is 5.76. The fourth-order valence-electron chi connectivity index (χ4n) is 3.08. The molecule has 1 aromatic carbocycles. The average Bonchev–Trinajstić information content (AvgIpc) is 2.62. The van der Waals surface area contributed by atoms with Crippen molar-refractivity contribution in [1.82, 2.24) is 5.32 Å². The molecule has 0 radical (unpaired) electrons. The van der Waals surface area contributed by atoms with Crippen molar-refractivity contribution in [1.29, 1.82) is 0 Å². The van der Waals surface area contributed by atoms with Crippen LogP contribution < -0.4 is 14.8 Å². The first-order valence-corrected chi connectivity index (χ1v) is 9.89. The molecular weight excluding hydrogens is 330 g/mol. The molecular formula is C21H33NO4. The average molecular weight is 363 g/mol. The van der Waals surface area contributed by atoms with E-state index in [1.165, 1.54) is 0 Å². The minimum Gasteiger partial charge on any atom is -0.494 e. The van der Waals surface area contributed by atoms with Gasteiger partial charge >= 0.3 is 0 Å². The Morgan fingerprint density at radius 3 is 2.50 bits per heavy atom. The molecule has 0 spiro atoms. The van der Waals surface area contributed by atoms with Gasteiger partial charge in [0.15, 0.2) is 0 Å². The van der Waals surface area contributed by atoms with Crippen LogP contribution in [0.2, 0.25) is 0 Å². The van der Waals surface area contributed by atoms with Crippen LogP contribution in [0.5, 0.6) is 11.5 Å². The molecule has 26 heavy (non-hydrogen) atoms. The van der Waals surface area contributed by atoms with E-state index in [0.29, 0.717) is 13.0 Å². The number of carbonyl (C=O) groups is 1. The summed E-state index contributed by atoms with van der Waals surface area (Å²) in [4.78, 5) is 12.2. The highest BCUT2D eigenvalue weighted by Crippen LogP contribution is 2.25. The summed E-state index contributed by atoms with van der Waals surface area (Å²) in [5, 5.41) is 3.13. The predicted octanol–water partition coefficient (Wildman–Crippen LogP) is 4.10. The molecule has 1 aromatic rings. The Labute approximate surface area is 157 Å². The molecule has 0 unspecified atom stereocenters. The first-order chi connectivity index (χ1) is 12.6. The van der Waals surface area contributed by atoms with Crippen molar-refractivity contribution < 1.29 is 19.0 Å². The highest BCUT2D eigenvalue weighted by atomic mass is 16.5. The molecule has 1 aliphatic rings. The smallest absolute Gasteiger partial charge is 0.222 e. The van der Waals surface area contributed by atoms with Crippen molar-refractivity contribution >= 4 is 5.91 Å². The molecule has 146 valence electrons. The molecule has 0 aromatic heterocycles. The summed E-state index contributed by atoms with van der Waals surface area (Å²) in [6, 6.07) is 7.81. The van der Waals surface area contributed by atoms with E-state index >= 15 is 0 Å². The molecule has 1 aliphatic carbocycles. The number of benzene rings is 1. The second-order valence-corrected chi connectivity index (χ2v) is 7.10. The third kappa shape index (κ3) is 7.24. The van der Waals surface area contributed by atoms with Gasteiger partial charge in [-0.25, -0.2) is 0 Å². The lowest BCUT2D eigenvalue weighted by Gasteiger charge is -2.32. The summed E-state index contributed by atoms with van der Waals surface area (Å²) in [5.74, 6) is 1.72. The number of nitrogens with one attached hydrogen (secondary N) is 1. The number of rotatable bonds is 10. The summed E-state index contributed by atoms with van der Waals surface area (Å²) < 4.78 is 17.2. The summed E-state index contributed by atoms with van der Waals surface area (Å²) in [6.07, 6.45) is 5.72. The Balaban J connectivity index is 1.84. The van der Waals surface area contributed by atoms with Gasteiger partial charge in [-0.1, -0.05) is 13.3 Å². The molecule has 2 atom stereocenters. The van der Waals surface area contributed by atoms with E-state index < -0.39 is 0 Å². The van der Waals surface area contributed by atoms with E-state index in [4.69, 9.17) is 14.2 Å². The van der Waals surface area contributed by atoms with Crippen LogP contribution in [0.3, 0.4) is 0 Å². The van der Waals surface area contributed by atoms with Gasteiger partial charge in [0, 0.05) is 6.42 Å². The molecule has 5 heteroatoms. The van der Waals surface area contributed by atoms with Gasteiger partial charge in [-0.2, -0.15) is 0 Å². The molecule has 0 bridgehead atoms. The molecule has 0 heterocycles. The molecule has 0 aliphatic heterocycles. The number of hydrogen-bond donors (Lipinski definition) is 1. The monoisotopic (exact) mass is 363 g/mol. The standard InChI is InChI=1S/C21H33NO4/c1-4-14-25-17-9-11-18(12-10-17)26-20-8-6-5-7-19(20)22-21(23)13-15-24-16(2)3/h9-12,16,19-20H,4-8,13-15H2,1-3H3,(H,22,23)/t19-,20-/m0/s1. The molecule has 1 amide bonds. The Morgan fingerprint density at radius 1 is 1.12 bits per heavy atom. The number of carbonyl (C=O) groups excluding carboxylic acids is 1. The third-order valence-corrected chi connectivity index (χ3v) is 4.41. The van der Waals surface area contributed by atoms with Gasteiger partial charge in [0.2, 0.25) is 5.91 Å². The normalized spacial score (nSPS) is 20.0. The quantitative estimate of drug-likeness (QED) is 0.680. The van der Waals surface area contributed by atoms with Gasteiger partial charge in [-0.05, 0) is 63.8 Å². The van der Waals surface area contributed by atoms with E-state index in [-0.39, 0.29) is 24.2 Å². The van der Waals surface area contributed by atoms with Crippen LogP contribution in [-0.2, 0) is 9.53 Å². The van der Waals surface area contributed by atoms with Crippen LogP contribution in [0.25, 0.3) is 0 Å². The summed E-state index contributed by atoms with van der Waals surface area (Å²) in [6.45, 7) is 7.21. The highest BCUT2D eigenvalue weighted by Gasteiger charge is 2.28. The van der Waals surface area contributed by atoms with E-state index in [9.17, 15) is 4.79 Å². The molecule has 0 saturated heterocycles. The van der Waals surface area contributed by atoms with Gasteiger partial charge in [-0.15, -0.1) is 0 Å². The molecule has 1 fully saturated rings. The second-order valence-electron chi connectivity index (χ2n) is 7.10. The maximum atomic E-state index is 12.2. The fourth-order valence-corrected chi connectivity index (χ4v) is 3.08. The van der Waals surface area contributed by atoms with Crippen LogP contribution in [0.1, 0.15) is 59.3 Å². The van der Waals surface area contributed by atoms with Gasteiger partial charge in [0.25, 0.3) is 0 Å². The zero-order chi connectivity index (χ0) is 18.8. The van der Waals surface area contributed by atoms with Crippen LogP contribution in [0, 0.1) is 0 Å². The second kappa shape index (κ2) is 11.1. The van der Waals surface area contributed by atoms with E-state index in [2.05, 4.69) is 12.2 Å². The van der Waals surface area contributed by atoms with Gasteiger partial charge < -0.3 is 19.5 Å². The lowest BCUT2D eigenvalue weighted by Crippen LogP contribution is -2.47.